The first-order valence-corrected chi connectivity index (χ1v) is 4.70. The van der Waals surface area contributed by atoms with Gasteiger partial charge in [0.15, 0.2) is 0 Å². The van der Waals surface area contributed by atoms with E-state index in [1.165, 1.54) is 0 Å². The molecule has 1 N–H and O–H groups in total. The molecule has 1 unspecified atom stereocenters. The molecule has 1 aromatic rings. The van der Waals surface area contributed by atoms with Gasteiger partial charge in [-0.2, -0.15) is 8.42 Å². The first kappa shape index (κ1) is 9.07. The van der Waals surface area contributed by atoms with E-state index in [1.54, 1.807) is 6.92 Å². The van der Waals surface area contributed by atoms with Crippen LogP contribution in [0, 0.1) is 6.33 Å². The van der Waals surface area contributed by atoms with Crippen LogP contribution in [0.5, 0.6) is 0 Å². The lowest BCUT2D eigenvalue weighted by Crippen LogP contribution is -2.17. The lowest BCUT2D eigenvalue weighted by molar-refractivity contribution is 0.450. The highest BCUT2D eigenvalue weighted by molar-refractivity contribution is 7.85. The molecule has 0 saturated heterocycles. The van der Waals surface area contributed by atoms with Crippen LogP contribution in [0.2, 0.25) is 0 Å². The normalized spacial score (nSPS) is 14.5. The predicted molar refractivity (Wildman–Crippen MR) is 37.8 cm³/mol. The molecule has 12 heavy (non-hydrogen) atoms. The molecule has 1 rings (SSSR count). The summed E-state index contributed by atoms with van der Waals surface area (Å²) in [6.45, 7) is 1.56. The summed E-state index contributed by atoms with van der Waals surface area (Å²) in [7, 11) is -3.99. The number of rotatable bonds is 3. The Morgan fingerprint density at radius 2 is 2.33 bits per heavy atom. The summed E-state index contributed by atoms with van der Waals surface area (Å²) in [6.07, 6.45) is 2.33. The molecule has 1 radical (unpaired) electrons. The highest BCUT2D eigenvalue weighted by Crippen LogP contribution is 2.03. The average Bonchev–Trinajstić information content (AvgIpc) is 2.32. The Hall–Kier alpha value is -1.02. The van der Waals surface area contributed by atoms with Gasteiger partial charge in [0.2, 0.25) is 6.33 Å². The van der Waals surface area contributed by atoms with Gasteiger partial charge in [-0.3, -0.25) is 4.55 Å². The Morgan fingerprint density at radius 1 is 1.67 bits per heavy atom. The smallest absolute Gasteiger partial charge is 0.266 e. The molecule has 0 aliphatic rings. The van der Waals surface area contributed by atoms with Crippen molar-refractivity contribution in [3.63, 3.8) is 0 Å². The summed E-state index contributed by atoms with van der Waals surface area (Å²) in [4.78, 5) is 0. The van der Waals surface area contributed by atoms with Gasteiger partial charge >= 0.3 is 0 Å². The van der Waals surface area contributed by atoms with Crippen molar-refractivity contribution in [2.45, 2.75) is 13.0 Å². The molecule has 1 heterocycles. The molecular formula is C4H7N4O3S. The quantitative estimate of drug-likeness (QED) is 0.610. The topological polar surface area (TPSA) is 98.0 Å². The van der Waals surface area contributed by atoms with E-state index in [0.29, 0.717) is 0 Å². The lowest BCUT2D eigenvalue weighted by atomic mass is 10.4. The number of hydrogen-bond donors (Lipinski definition) is 1. The van der Waals surface area contributed by atoms with E-state index < -0.39 is 21.9 Å². The van der Waals surface area contributed by atoms with Gasteiger partial charge in [0.05, 0.1) is 11.8 Å². The Balaban J connectivity index is 2.68. The molecule has 0 amide bonds. The standard InChI is InChI=1S/C4H7N4O3S/c1-4(2-12(9,10)11)8-3-5-6-7-8/h4H,2H2,1H3,(H,9,10,11). The molecule has 0 aromatic carbocycles. The van der Waals surface area contributed by atoms with Crippen LogP contribution in [0.1, 0.15) is 13.0 Å². The van der Waals surface area contributed by atoms with E-state index in [2.05, 4.69) is 21.9 Å². The lowest BCUT2D eigenvalue weighted by Gasteiger charge is -2.06. The monoisotopic (exact) mass is 191 g/mol. The second kappa shape index (κ2) is 3.15. The number of aromatic nitrogens is 4. The van der Waals surface area contributed by atoms with Crippen molar-refractivity contribution in [3.05, 3.63) is 6.33 Å². The Labute approximate surface area is 69.1 Å². The first-order valence-electron chi connectivity index (χ1n) is 3.10. The number of tetrazole rings is 1. The van der Waals surface area contributed by atoms with Gasteiger partial charge in [-0.05, 0) is 17.4 Å². The molecule has 0 fully saturated rings. The minimum Gasteiger partial charge on any atom is -0.285 e. The average molecular weight is 191 g/mol. The third-order valence-corrected chi connectivity index (χ3v) is 2.10. The van der Waals surface area contributed by atoms with E-state index in [-0.39, 0.29) is 0 Å². The van der Waals surface area contributed by atoms with Crippen LogP contribution in [-0.2, 0) is 10.1 Å². The molecule has 7 nitrogen and oxygen atoms in total. The summed E-state index contributed by atoms with van der Waals surface area (Å²) in [6, 6.07) is -0.519. The fourth-order valence-corrected chi connectivity index (χ4v) is 1.46. The van der Waals surface area contributed by atoms with Gasteiger partial charge in [0, 0.05) is 0 Å². The van der Waals surface area contributed by atoms with Crippen LogP contribution < -0.4 is 0 Å². The van der Waals surface area contributed by atoms with E-state index in [1.807, 2.05) is 0 Å². The van der Waals surface area contributed by atoms with Gasteiger partial charge < -0.3 is 0 Å². The maximum atomic E-state index is 10.4. The minimum absolute atomic E-state index is 0.422. The van der Waals surface area contributed by atoms with Crippen molar-refractivity contribution in [3.8, 4) is 0 Å². The fourth-order valence-electron chi connectivity index (χ4n) is 0.711. The first-order chi connectivity index (χ1) is 5.49. The second-order valence-electron chi connectivity index (χ2n) is 2.32. The fraction of sp³-hybridized carbons (Fsp3) is 0.750. The summed E-state index contributed by atoms with van der Waals surface area (Å²) >= 11 is 0. The summed E-state index contributed by atoms with van der Waals surface area (Å²) in [5, 5.41) is 9.90. The molecule has 1 aromatic heterocycles. The Bertz CT molecular complexity index is 331. The maximum absolute atomic E-state index is 10.4. The van der Waals surface area contributed by atoms with Crippen molar-refractivity contribution in [1.82, 2.24) is 20.2 Å². The van der Waals surface area contributed by atoms with Crippen LogP contribution in [0.4, 0.5) is 0 Å². The predicted octanol–water partition coefficient (Wildman–Crippen LogP) is -1.08. The molecule has 0 aliphatic carbocycles. The van der Waals surface area contributed by atoms with E-state index in [4.69, 9.17) is 4.55 Å². The minimum atomic E-state index is -3.99. The van der Waals surface area contributed by atoms with Crippen LogP contribution in [-0.4, -0.2) is 38.9 Å². The van der Waals surface area contributed by atoms with Gasteiger partial charge in [-0.25, -0.2) is 4.68 Å². The van der Waals surface area contributed by atoms with E-state index >= 15 is 0 Å². The summed E-state index contributed by atoms with van der Waals surface area (Å²) in [5.74, 6) is -0.422. The Morgan fingerprint density at radius 3 is 2.75 bits per heavy atom. The highest BCUT2D eigenvalue weighted by atomic mass is 32.2. The zero-order valence-electron chi connectivity index (χ0n) is 6.25. The highest BCUT2D eigenvalue weighted by Gasteiger charge is 2.14. The van der Waals surface area contributed by atoms with Crippen molar-refractivity contribution < 1.29 is 13.0 Å². The van der Waals surface area contributed by atoms with Gasteiger partial charge in [0.1, 0.15) is 0 Å². The van der Waals surface area contributed by atoms with Gasteiger partial charge in [0.25, 0.3) is 10.1 Å². The van der Waals surface area contributed by atoms with Crippen LogP contribution >= 0.6 is 0 Å². The Kier molecular flexibility index (Phi) is 2.38. The number of hydrogen-bond acceptors (Lipinski definition) is 5. The third kappa shape index (κ3) is 2.55. The van der Waals surface area contributed by atoms with Crippen molar-refractivity contribution >= 4 is 10.1 Å². The zero-order valence-corrected chi connectivity index (χ0v) is 7.06. The summed E-state index contributed by atoms with van der Waals surface area (Å²) in [5.41, 5.74) is 0. The maximum Gasteiger partial charge on any atom is 0.266 e. The van der Waals surface area contributed by atoms with Crippen LogP contribution in [0.3, 0.4) is 0 Å². The molecule has 67 valence electrons. The molecule has 0 aliphatic heterocycles. The third-order valence-electron chi connectivity index (χ3n) is 1.20. The summed E-state index contributed by atoms with van der Waals surface area (Å²) < 4.78 is 30.4. The van der Waals surface area contributed by atoms with E-state index in [9.17, 15) is 8.42 Å². The van der Waals surface area contributed by atoms with Crippen molar-refractivity contribution in [1.29, 1.82) is 0 Å². The number of nitrogens with zero attached hydrogens (tertiary/aromatic N) is 4. The largest absolute Gasteiger partial charge is 0.285 e. The van der Waals surface area contributed by atoms with Gasteiger partial charge in [-0.15, -0.1) is 5.10 Å². The zero-order chi connectivity index (χ0) is 9.19. The van der Waals surface area contributed by atoms with Crippen molar-refractivity contribution in [2.24, 2.45) is 0 Å². The molecule has 0 bridgehead atoms. The van der Waals surface area contributed by atoms with Crippen LogP contribution in [0.15, 0.2) is 0 Å². The molecular weight excluding hydrogens is 184 g/mol. The molecule has 0 spiro atoms. The molecule has 1 atom stereocenters. The van der Waals surface area contributed by atoms with Gasteiger partial charge in [-0.1, -0.05) is 0 Å². The van der Waals surface area contributed by atoms with Crippen molar-refractivity contribution in [2.75, 3.05) is 5.75 Å². The molecule has 0 saturated carbocycles. The SMILES string of the molecule is CC(CS(=O)(=O)O)n1[c]nnn1. The molecule has 8 heteroatoms. The van der Waals surface area contributed by atoms with Crippen LogP contribution in [0.25, 0.3) is 0 Å². The van der Waals surface area contributed by atoms with E-state index in [0.717, 1.165) is 4.68 Å². The second-order valence-corrected chi connectivity index (χ2v) is 3.82.